The number of carboxylic acid groups (broad SMARTS) is 1. The lowest BCUT2D eigenvalue weighted by Gasteiger charge is -2.16. The second kappa shape index (κ2) is 4.59. The van der Waals surface area contributed by atoms with E-state index in [2.05, 4.69) is 4.98 Å². The molecule has 1 amide bonds. The summed E-state index contributed by atoms with van der Waals surface area (Å²) < 4.78 is 0. The molecule has 1 fully saturated rings. The topological polar surface area (TPSA) is 70.5 Å². The van der Waals surface area contributed by atoms with Crippen LogP contribution in [0.4, 0.5) is 5.69 Å². The molecule has 5 heteroatoms. The highest BCUT2D eigenvalue weighted by Gasteiger charge is 2.35. The summed E-state index contributed by atoms with van der Waals surface area (Å²) in [5, 5.41) is 9.95. The number of aryl methyl sites for hydroxylation is 1. The molecule has 0 spiro atoms. The Balaban J connectivity index is 1.96. The van der Waals surface area contributed by atoms with Crippen molar-refractivity contribution in [3.63, 3.8) is 0 Å². The molecule has 5 nitrogen and oxygen atoms in total. The van der Waals surface area contributed by atoms with Gasteiger partial charge < -0.3 is 10.0 Å². The molecule has 1 unspecified atom stereocenters. The largest absolute Gasteiger partial charge is 0.481 e. The number of carboxylic acids is 1. The number of carbonyl (C=O) groups is 2. The summed E-state index contributed by atoms with van der Waals surface area (Å²) in [6.07, 6.45) is 0.0690. The van der Waals surface area contributed by atoms with Gasteiger partial charge in [-0.25, -0.2) is 0 Å². The van der Waals surface area contributed by atoms with Crippen molar-refractivity contribution in [2.45, 2.75) is 13.3 Å². The quantitative estimate of drug-likeness (QED) is 0.905. The summed E-state index contributed by atoms with van der Waals surface area (Å²) in [5.41, 5.74) is 2.54. The van der Waals surface area contributed by atoms with Crippen LogP contribution in [-0.4, -0.2) is 28.5 Å². The van der Waals surface area contributed by atoms with Crippen LogP contribution in [0.5, 0.6) is 0 Å². The maximum absolute atomic E-state index is 11.9. The molecular weight excluding hydrogens is 256 g/mol. The second-order valence-corrected chi connectivity index (χ2v) is 5.07. The zero-order valence-electron chi connectivity index (χ0n) is 11.0. The minimum absolute atomic E-state index is 0.0690. The first-order chi connectivity index (χ1) is 9.54. The Bertz CT molecular complexity index is 711. The number of amides is 1. The highest BCUT2D eigenvalue weighted by molar-refractivity contribution is 6.00. The molecule has 20 heavy (non-hydrogen) atoms. The van der Waals surface area contributed by atoms with Crippen molar-refractivity contribution in [2.75, 3.05) is 11.4 Å². The molecule has 0 radical (unpaired) electrons. The predicted octanol–water partition coefficient (Wildman–Crippen LogP) is 1.98. The van der Waals surface area contributed by atoms with Gasteiger partial charge in [-0.05, 0) is 31.2 Å². The SMILES string of the molecule is Cc1ccc2cc(N3CC(C(=O)O)CC3=O)ccc2n1. The summed E-state index contributed by atoms with van der Waals surface area (Å²) in [6, 6.07) is 9.42. The number of benzene rings is 1. The molecule has 1 atom stereocenters. The first-order valence-corrected chi connectivity index (χ1v) is 6.45. The van der Waals surface area contributed by atoms with Gasteiger partial charge in [0, 0.05) is 29.7 Å². The third-order valence-electron chi connectivity index (χ3n) is 3.60. The van der Waals surface area contributed by atoms with Crippen LogP contribution < -0.4 is 4.90 Å². The van der Waals surface area contributed by atoms with Crippen molar-refractivity contribution < 1.29 is 14.7 Å². The van der Waals surface area contributed by atoms with Crippen LogP contribution in [0.15, 0.2) is 30.3 Å². The fraction of sp³-hybridized carbons (Fsp3) is 0.267. The van der Waals surface area contributed by atoms with Crippen LogP contribution in [0.1, 0.15) is 12.1 Å². The summed E-state index contributed by atoms with van der Waals surface area (Å²) in [4.78, 5) is 28.9. The molecule has 3 rings (SSSR count). The molecule has 1 aromatic heterocycles. The van der Waals surface area contributed by atoms with Crippen LogP contribution in [0.2, 0.25) is 0 Å². The predicted molar refractivity (Wildman–Crippen MR) is 74.6 cm³/mol. The van der Waals surface area contributed by atoms with Gasteiger partial charge in [0.15, 0.2) is 0 Å². The Labute approximate surface area is 115 Å². The van der Waals surface area contributed by atoms with Gasteiger partial charge in [0.1, 0.15) is 0 Å². The minimum atomic E-state index is -0.918. The molecule has 102 valence electrons. The van der Waals surface area contributed by atoms with Gasteiger partial charge in [0.25, 0.3) is 0 Å². The summed E-state index contributed by atoms with van der Waals surface area (Å²) in [6.45, 7) is 2.16. The van der Waals surface area contributed by atoms with E-state index in [1.807, 2.05) is 37.3 Å². The van der Waals surface area contributed by atoms with Crippen molar-refractivity contribution in [3.8, 4) is 0 Å². The van der Waals surface area contributed by atoms with Gasteiger partial charge in [-0.15, -0.1) is 0 Å². The van der Waals surface area contributed by atoms with Crippen LogP contribution in [0.25, 0.3) is 10.9 Å². The molecule has 0 bridgehead atoms. The van der Waals surface area contributed by atoms with E-state index in [0.29, 0.717) is 0 Å². The Morgan fingerprint density at radius 2 is 2.15 bits per heavy atom. The van der Waals surface area contributed by atoms with E-state index < -0.39 is 11.9 Å². The number of carbonyl (C=O) groups excluding carboxylic acids is 1. The van der Waals surface area contributed by atoms with E-state index in [9.17, 15) is 9.59 Å². The molecule has 2 heterocycles. The van der Waals surface area contributed by atoms with E-state index in [1.165, 1.54) is 4.90 Å². The van der Waals surface area contributed by atoms with E-state index in [4.69, 9.17) is 5.11 Å². The van der Waals surface area contributed by atoms with Crippen LogP contribution in [0, 0.1) is 12.8 Å². The number of hydrogen-bond donors (Lipinski definition) is 1. The zero-order valence-corrected chi connectivity index (χ0v) is 11.0. The van der Waals surface area contributed by atoms with Crippen molar-refractivity contribution in [2.24, 2.45) is 5.92 Å². The fourth-order valence-corrected chi connectivity index (χ4v) is 2.51. The Kier molecular flexibility index (Phi) is 2.89. The van der Waals surface area contributed by atoms with Crippen molar-refractivity contribution in [1.82, 2.24) is 4.98 Å². The molecule has 1 aromatic carbocycles. The van der Waals surface area contributed by atoms with Gasteiger partial charge in [0.05, 0.1) is 11.4 Å². The first kappa shape index (κ1) is 12.6. The second-order valence-electron chi connectivity index (χ2n) is 5.07. The van der Waals surface area contributed by atoms with Crippen molar-refractivity contribution >= 4 is 28.5 Å². The Hall–Kier alpha value is -2.43. The molecular formula is C15H14N2O3. The van der Waals surface area contributed by atoms with Gasteiger partial charge >= 0.3 is 5.97 Å². The maximum Gasteiger partial charge on any atom is 0.308 e. The standard InChI is InChI=1S/C15H14N2O3/c1-9-2-3-10-6-12(4-5-13(10)16-9)17-8-11(15(19)20)7-14(17)18/h2-6,11H,7-8H2,1H3,(H,19,20). The van der Waals surface area contributed by atoms with Crippen LogP contribution in [-0.2, 0) is 9.59 Å². The van der Waals surface area contributed by atoms with Crippen molar-refractivity contribution in [3.05, 3.63) is 36.0 Å². The molecule has 1 N–H and O–H groups in total. The van der Waals surface area contributed by atoms with E-state index in [1.54, 1.807) is 0 Å². The molecule has 1 aliphatic rings. The summed E-state index contributed by atoms with van der Waals surface area (Å²) in [5.74, 6) is -1.68. The van der Waals surface area contributed by atoms with E-state index in [0.717, 1.165) is 22.3 Å². The normalized spacial score (nSPS) is 18.8. The number of anilines is 1. The maximum atomic E-state index is 11.9. The monoisotopic (exact) mass is 270 g/mol. The van der Waals surface area contributed by atoms with Gasteiger partial charge in [-0.3, -0.25) is 14.6 Å². The molecule has 0 saturated carbocycles. The fourth-order valence-electron chi connectivity index (χ4n) is 2.51. The van der Waals surface area contributed by atoms with Gasteiger partial charge in [-0.2, -0.15) is 0 Å². The Morgan fingerprint density at radius 1 is 1.35 bits per heavy atom. The third-order valence-corrected chi connectivity index (χ3v) is 3.60. The lowest BCUT2D eigenvalue weighted by atomic mass is 10.1. The van der Waals surface area contributed by atoms with Crippen LogP contribution >= 0.6 is 0 Å². The first-order valence-electron chi connectivity index (χ1n) is 6.45. The van der Waals surface area contributed by atoms with E-state index >= 15 is 0 Å². The highest BCUT2D eigenvalue weighted by Crippen LogP contribution is 2.27. The average Bonchev–Trinajstić information content (AvgIpc) is 2.80. The third kappa shape index (κ3) is 2.11. The molecule has 2 aromatic rings. The minimum Gasteiger partial charge on any atom is -0.481 e. The molecule has 1 saturated heterocycles. The number of rotatable bonds is 2. The lowest BCUT2D eigenvalue weighted by molar-refractivity contribution is -0.141. The average molecular weight is 270 g/mol. The van der Waals surface area contributed by atoms with Crippen LogP contribution in [0.3, 0.4) is 0 Å². The van der Waals surface area contributed by atoms with E-state index in [-0.39, 0.29) is 18.9 Å². The van der Waals surface area contributed by atoms with Crippen molar-refractivity contribution in [1.29, 1.82) is 0 Å². The number of pyridine rings is 1. The smallest absolute Gasteiger partial charge is 0.308 e. The lowest BCUT2D eigenvalue weighted by Crippen LogP contribution is -2.25. The Morgan fingerprint density at radius 3 is 2.85 bits per heavy atom. The summed E-state index contributed by atoms with van der Waals surface area (Å²) in [7, 11) is 0. The number of nitrogens with zero attached hydrogens (tertiary/aromatic N) is 2. The number of aromatic nitrogens is 1. The number of aliphatic carboxylic acids is 1. The zero-order chi connectivity index (χ0) is 14.3. The van der Waals surface area contributed by atoms with Gasteiger partial charge in [-0.1, -0.05) is 6.07 Å². The number of fused-ring (bicyclic) bond motifs is 1. The molecule has 1 aliphatic heterocycles. The summed E-state index contributed by atoms with van der Waals surface area (Å²) >= 11 is 0. The highest BCUT2D eigenvalue weighted by atomic mass is 16.4. The number of hydrogen-bond acceptors (Lipinski definition) is 3. The van der Waals surface area contributed by atoms with Gasteiger partial charge in [0.2, 0.25) is 5.91 Å². The molecule has 0 aliphatic carbocycles.